The predicted octanol–water partition coefficient (Wildman–Crippen LogP) is 3.46. The topological polar surface area (TPSA) is 69.6 Å². The van der Waals surface area contributed by atoms with Crippen molar-refractivity contribution in [2.24, 2.45) is 0 Å². The van der Waals surface area contributed by atoms with Crippen molar-refractivity contribution in [2.45, 2.75) is 32.4 Å². The van der Waals surface area contributed by atoms with Crippen LogP contribution in [0.3, 0.4) is 0 Å². The zero-order valence-electron chi connectivity index (χ0n) is 14.6. The molecule has 0 fully saturated rings. The van der Waals surface area contributed by atoms with Crippen LogP contribution in [-0.4, -0.2) is 30.1 Å². The molecule has 0 spiro atoms. The molecule has 0 radical (unpaired) electrons. The molecule has 2 aromatic carbocycles. The Balaban J connectivity index is 2.05. The Bertz CT molecular complexity index is 814. The van der Waals surface area contributed by atoms with Crippen molar-refractivity contribution in [3.8, 4) is 11.1 Å². The van der Waals surface area contributed by atoms with Crippen molar-refractivity contribution >= 4 is 17.6 Å². The van der Waals surface area contributed by atoms with E-state index in [4.69, 9.17) is 5.11 Å². The number of carbonyl (C=O) groups excluding carboxylic acids is 1. The second-order valence-electron chi connectivity index (χ2n) is 6.47. The first-order valence-electron chi connectivity index (χ1n) is 8.37. The third-order valence-corrected chi connectivity index (χ3v) is 4.83. The normalized spacial score (nSPS) is 19.4. The molecule has 0 saturated carbocycles. The first-order valence-corrected chi connectivity index (χ1v) is 8.37. The summed E-state index contributed by atoms with van der Waals surface area (Å²) in [7, 11) is 1.93. The lowest BCUT2D eigenvalue weighted by Gasteiger charge is -2.39. The summed E-state index contributed by atoms with van der Waals surface area (Å²) in [5, 5.41) is 12.4. The zero-order chi connectivity index (χ0) is 18.1. The lowest BCUT2D eigenvalue weighted by Crippen LogP contribution is -2.44. The van der Waals surface area contributed by atoms with E-state index in [1.54, 1.807) is 19.1 Å². The molecule has 1 amide bonds. The SMILES string of the molecule is CN[C@@H]1C[C@H](C)N(C(C)=O)c2ccc(-c3ccc(C(=O)O)cc3)cc21. The molecule has 1 heterocycles. The molecular weight excluding hydrogens is 316 g/mol. The second-order valence-corrected chi connectivity index (χ2v) is 6.47. The van der Waals surface area contributed by atoms with E-state index in [-0.39, 0.29) is 23.6 Å². The minimum absolute atomic E-state index is 0.0434. The number of carboxylic acid groups (broad SMARTS) is 1. The van der Waals surface area contributed by atoms with Crippen LogP contribution in [0, 0.1) is 0 Å². The molecule has 5 heteroatoms. The Morgan fingerprint density at radius 3 is 2.32 bits per heavy atom. The fourth-order valence-electron chi connectivity index (χ4n) is 3.60. The van der Waals surface area contributed by atoms with Crippen molar-refractivity contribution in [1.29, 1.82) is 0 Å². The van der Waals surface area contributed by atoms with Gasteiger partial charge < -0.3 is 15.3 Å². The Labute approximate surface area is 147 Å². The monoisotopic (exact) mass is 338 g/mol. The van der Waals surface area contributed by atoms with Gasteiger partial charge in [0.25, 0.3) is 0 Å². The van der Waals surface area contributed by atoms with Gasteiger partial charge in [-0.15, -0.1) is 0 Å². The quantitative estimate of drug-likeness (QED) is 0.899. The van der Waals surface area contributed by atoms with Gasteiger partial charge in [-0.25, -0.2) is 4.79 Å². The molecule has 0 aromatic heterocycles. The highest BCUT2D eigenvalue weighted by Gasteiger charge is 2.31. The minimum atomic E-state index is -0.932. The van der Waals surface area contributed by atoms with Crippen LogP contribution < -0.4 is 10.2 Å². The number of benzene rings is 2. The van der Waals surface area contributed by atoms with Crippen LogP contribution in [-0.2, 0) is 4.79 Å². The number of fused-ring (bicyclic) bond motifs is 1. The average molecular weight is 338 g/mol. The molecule has 130 valence electrons. The lowest BCUT2D eigenvalue weighted by atomic mass is 9.89. The highest BCUT2D eigenvalue weighted by atomic mass is 16.4. The van der Waals surface area contributed by atoms with E-state index < -0.39 is 5.97 Å². The maximum absolute atomic E-state index is 12.1. The summed E-state index contributed by atoms with van der Waals surface area (Å²) in [6.45, 7) is 3.66. The first kappa shape index (κ1) is 17.2. The number of carbonyl (C=O) groups is 2. The van der Waals surface area contributed by atoms with Crippen LogP contribution in [0.4, 0.5) is 5.69 Å². The molecule has 0 bridgehead atoms. The van der Waals surface area contributed by atoms with E-state index in [0.29, 0.717) is 0 Å². The number of nitrogens with zero attached hydrogens (tertiary/aromatic N) is 1. The van der Waals surface area contributed by atoms with Gasteiger partial charge in [0.2, 0.25) is 5.91 Å². The van der Waals surface area contributed by atoms with E-state index in [1.165, 1.54) is 0 Å². The third kappa shape index (κ3) is 3.15. The van der Waals surface area contributed by atoms with Gasteiger partial charge in [-0.05, 0) is 61.3 Å². The fourth-order valence-corrected chi connectivity index (χ4v) is 3.60. The number of hydrogen-bond donors (Lipinski definition) is 2. The number of anilines is 1. The molecule has 2 aromatic rings. The first-order chi connectivity index (χ1) is 11.9. The summed E-state index contributed by atoms with van der Waals surface area (Å²) in [5.74, 6) is -0.889. The zero-order valence-corrected chi connectivity index (χ0v) is 14.6. The van der Waals surface area contributed by atoms with E-state index >= 15 is 0 Å². The number of aromatic carboxylic acids is 1. The lowest BCUT2D eigenvalue weighted by molar-refractivity contribution is -0.117. The molecule has 1 aliphatic rings. The molecule has 0 saturated heterocycles. The van der Waals surface area contributed by atoms with E-state index in [2.05, 4.69) is 18.3 Å². The van der Waals surface area contributed by atoms with Crippen LogP contribution in [0.2, 0.25) is 0 Å². The summed E-state index contributed by atoms with van der Waals surface area (Å²) in [5.41, 5.74) is 4.27. The van der Waals surface area contributed by atoms with Gasteiger partial charge in [-0.1, -0.05) is 18.2 Å². The summed E-state index contributed by atoms with van der Waals surface area (Å²) in [6, 6.07) is 13.2. The van der Waals surface area contributed by atoms with Crippen LogP contribution >= 0.6 is 0 Å². The number of rotatable bonds is 3. The van der Waals surface area contributed by atoms with Gasteiger partial charge in [-0.2, -0.15) is 0 Å². The van der Waals surface area contributed by atoms with E-state index in [1.807, 2.05) is 36.2 Å². The van der Waals surface area contributed by atoms with Crippen LogP contribution in [0.15, 0.2) is 42.5 Å². The van der Waals surface area contributed by atoms with Gasteiger partial charge >= 0.3 is 5.97 Å². The summed E-state index contributed by atoms with van der Waals surface area (Å²) >= 11 is 0. The van der Waals surface area contributed by atoms with E-state index in [9.17, 15) is 9.59 Å². The maximum Gasteiger partial charge on any atom is 0.335 e. The van der Waals surface area contributed by atoms with Crippen molar-refractivity contribution in [3.05, 3.63) is 53.6 Å². The van der Waals surface area contributed by atoms with Gasteiger partial charge in [0.15, 0.2) is 0 Å². The third-order valence-electron chi connectivity index (χ3n) is 4.83. The highest BCUT2D eigenvalue weighted by Crippen LogP contribution is 2.39. The van der Waals surface area contributed by atoms with Gasteiger partial charge in [-0.3, -0.25) is 4.79 Å². The number of carboxylic acids is 1. The molecule has 2 N–H and O–H groups in total. The minimum Gasteiger partial charge on any atom is -0.478 e. The Kier molecular flexibility index (Phi) is 4.59. The summed E-state index contributed by atoms with van der Waals surface area (Å²) < 4.78 is 0. The Morgan fingerprint density at radius 2 is 1.76 bits per heavy atom. The molecule has 5 nitrogen and oxygen atoms in total. The van der Waals surface area contributed by atoms with E-state index in [0.717, 1.165) is 28.8 Å². The molecule has 25 heavy (non-hydrogen) atoms. The van der Waals surface area contributed by atoms with Crippen LogP contribution in [0.25, 0.3) is 11.1 Å². The predicted molar refractivity (Wildman–Crippen MR) is 97.9 cm³/mol. The maximum atomic E-state index is 12.1. The van der Waals surface area contributed by atoms with Gasteiger partial charge in [0, 0.05) is 24.7 Å². The molecule has 0 unspecified atom stereocenters. The van der Waals surface area contributed by atoms with Crippen LogP contribution in [0.5, 0.6) is 0 Å². The standard InChI is InChI=1S/C20H22N2O3/c1-12-10-18(21-3)17-11-16(8-9-19(17)22(12)13(2)23)14-4-6-15(7-5-14)20(24)25/h4-9,11-12,18,21H,10H2,1-3H3,(H,24,25)/t12-,18+/m0/s1. The molecular formula is C20H22N2O3. The fraction of sp³-hybridized carbons (Fsp3) is 0.300. The van der Waals surface area contributed by atoms with Crippen molar-refractivity contribution < 1.29 is 14.7 Å². The summed E-state index contributed by atoms with van der Waals surface area (Å²) in [4.78, 5) is 24.9. The number of nitrogens with one attached hydrogen (secondary N) is 1. The number of amides is 1. The Morgan fingerprint density at radius 1 is 1.12 bits per heavy atom. The number of hydrogen-bond acceptors (Lipinski definition) is 3. The van der Waals surface area contributed by atoms with Crippen molar-refractivity contribution in [3.63, 3.8) is 0 Å². The summed E-state index contributed by atoms with van der Waals surface area (Å²) in [6.07, 6.45) is 0.852. The Hall–Kier alpha value is -2.66. The largest absolute Gasteiger partial charge is 0.478 e. The van der Waals surface area contributed by atoms with Crippen molar-refractivity contribution in [1.82, 2.24) is 5.32 Å². The average Bonchev–Trinajstić information content (AvgIpc) is 2.60. The molecule has 1 aliphatic heterocycles. The molecule has 3 rings (SSSR count). The van der Waals surface area contributed by atoms with Gasteiger partial charge in [0.1, 0.15) is 0 Å². The smallest absolute Gasteiger partial charge is 0.335 e. The second kappa shape index (κ2) is 6.69. The molecule has 2 atom stereocenters. The van der Waals surface area contributed by atoms with Gasteiger partial charge in [0.05, 0.1) is 5.56 Å². The van der Waals surface area contributed by atoms with Crippen LogP contribution in [0.1, 0.15) is 42.2 Å². The molecule has 0 aliphatic carbocycles. The van der Waals surface area contributed by atoms with Crippen molar-refractivity contribution in [2.75, 3.05) is 11.9 Å². The highest BCUT2D eigenvalue weighted by molar-refractivity contribution is 5.94.